The van der Waals surface area contributed by atoms with Crippen molar-refractivity contribution in [2.45, 2.75) is 6.54 Å². The zero-order chi connectivity index (χ0) is 18.4. The molecule has 1 heterocycles. The zero-order valence-electron chi connectivity index (χ0n) is 15.0. The van der Waals surface area contributed by atoms with Crippen molar-refractivity contribution in [3.05, 3.63) is 121 Å². The smallest absolute Gasteiger partial charge is 0.0808 e. The predicted molar refractivity (Wildman–Crippen MR) is 116 cm³/mol. The van der Waals surface area contributed by atoms with Crippen LogP contribution in [0, 0.1) is 0 Å². The van der Waals surface area contributed by atoms with Gasteiger partial charge >= 0.3 is 0 Å². The average molecular weight is 368 g/mol. The standard InChI is InChI=1S/C24H21N2P/c1-4-13-22(14-5-1)27(23-15-6-2-7-16-23,24-17-8-3-9-18-24)26-20-21-12-10-11-19-25-21/h1-19H,20H2. The SMILES string of the molecule is c1ccc(P(=NCc2ccccn2)(c2ccccc2)c2ccccc2)cc1. The van der Waals surface area contributed by atoms with Gasteiger partial charge in [-0.3, -0.25) is 9.73 Å². The molecule has 27 heavy (non-hydrogen) atoms. The van der Waals surface area contributed by atoms with Crippen LogP contribution in [0.15, 0.2) is 120 Å². The van der Waals surface area contributed by atoms with Gasteiger partial charge in [0, 0.05) is 22.1 Å². The van der Waals surface area contributed by atoms with Crippen LogP contribution in [0.5, 0.6) is 0 Å². The molecule has 0 fully saturated rings. The van der Waals surface area contributed by atoms with Crippen molar-refractivity contribution in [2.75, 3.05) is 0 Å². The van der Waals surface area contributed by atoms with Crippen LogP contribution in [0.25, 0.3) is 0 Å². The Morgan fingerprint density at radius 1 is 0.556 bits per heavy atom. The number of hydrogen-bond acceptors (Lipinski definition) is 2. The van der Waals surface area contributed by atoms with Crippen molar-refractivity contribution in [1.82, 2.24) is 4.98 Å². The minimum atomic E-state index is -2.13. The summed E-state index contributed by atoms with van der Waals surface area (Å²) >= 11 is 0. The van der Waals surface area contributed by atoms with Crippen LogP contribution in [0.2, 0.25) is 0 Å². The highest BCUT2D eigenvalue weighted by Crippen LogP contribution is 2.46. The topological polar surface area (TPSA) is 25.2 Å². The average Bonchev–Trinajstić information content (AvgIpc) is 2.77. The highest BCUT2D eigenvalue weighted by Gasteiger charge is 2.26. The molecule has 3 aromatic carbocycles. The summed E-state index contributed by atoms with van der Waals surface area (Å²) in [5, 5.41) is 3.79. The number of aromatic nitrogens is 1. The minimum absolute atomic E-state index is 0.591. The number of rotatable bonds is 5. The van der Waals surface area contributed by atoms with Gasteiger partial charge in [0.25, 0.3) is 0 Å². The Kier molecular flexibility index (Phi) is 5.27. The third-order valence-corrected chi connectivity index (χ3v) is 8.26. The Bertz CT molecular complexity index is 927. The van der Waals surface area contributed by atoms with Crippen LogP contribution in [-0.2, 0) is 6.54 Å². The number of benzene rings is 3. The molecule has 0 atom stereocenters. The molecule has 0 unspecified atom stereocenters. The first-order valence-electron chi connectivity index (χ1n) is 9.04. The molecule has 0 saturated carbocycles. The molecule has 0 spiro atoms. The van der Waals surface area contributed by atoms with Gasteiger partial charge in [-0.15, -0.1) is 0 Å². The Morgan fingerprint density at radius 2 is 1.00 bits per heavy atom. The maximum Gasteiger partial charge on any atom is 0.0808 e. The van der Waals surface area contributed by atoms with Crippen LogP contribution in [0.1, 0.15) is 5.69 Å². The second-order valence-electron chi connectivity index (χ2n) is 6.26. The van der Waals surface area contributed by atoms with E-state index in [1.54, 1.807) is 0 Å². The molecule has 0 bridgehead atoms. The normalized spacial score (nSPS) is 11.1. The zero-order valence-corrected chi connectivity index (χ0v) is 15.9. The second kappa shape index (κ2) is 8.16. The Labute approximate surface area is 160 Å². The van der Waals surface area contributed by atoms with E-state index in [0.717, 1.165) is 5.69 Å². The highest BCUT2D eigenvalue weighted by molar-refractivity contribution is 7.87. The molecular formula is C24H21N2P. The molecule has 0 aliphatic carbocycles. The lowest BCUT2D eigenvalue weighted by Gasteiger charge is -2.27. The second-order valence-corrected chi connectivity index (χ2v) is 9.37. The fourth-order valence-corrected chi connectivity index (χ4v) is 6.85. The molecule has 0 amide bonds. The summed E-state index contributed by atoms with van der Waals surface area (Å²) in [5.41, 5.74) is 0.990. The molecule has 0 aliphatic heterocycles. The van der Waals surface area contributed by atoms with Crippen molar-refractivity contribution >= 4 is 23.0 Å². The Hall–Kier alpha value is -2.96. The van der Waals surface area contributed by atoms with Gasteiger partial charge < -0.3 is 0 Å². The summed E-state index contributed by atoms with van der Waals surface area (Å²) in [4.78, 5) is 4.49. The van der Waals surface area contributed by atoms with E-state index >= 15 is 0 Å². The Morgan fingerprint density at radius 3 is 1.41 bits per heavy atom. The third-order valence-electron chi connectivity index (χ3n) is 4.56. The quantitative estimate of drug-likeness (QED) is 0.466. The Balaban J connectivity index is 2.00. The van der Waals surface area contributed by atoms with Gasteiger partial charge in [-0.05, 0) is 12.1 Å². The predicted octanol–water partition coefficient (Wildman–Crippen LogP) is 4.76. The van der Waals surface area contributed by atoms with E-state index in [0.29, 0.717) is 6.54 Å². The lowest BCUT2D eigenvalue weighted by Crippen LogP contribution is -2.25. The van der Waals surface area contributed by atoms with Gasteiger partial charge in [-0.1, -0.05) is 97.1 Å². The minimum Gasteiger partial charge on any atom is -0.283 e. The van der Waals surface area contributed by atoms with Crippen molar-refractivity contribution in [1.29, 1.82) is 0 Å². The van der Waals surface area contributed by atoms with E-state index in [4.69, 9.17) is 4.74 Å². The van der Waals surface area contributed by atoms with Crippen LogP contribution < -0.4 is 15.9 Å². The summed E-state index contributed by atoms with van der Waals surface area (Å²) < 4.78 is 5.38. The van der Waals surface area contributed by atoms with Gasteiger partial charge in [0.2, 0.25) is 0 Å². The molecule has 3 heteroatoms. The summed E-state index contributed by atoms with van der Waals surface area (Å²) in [6.07, 6.45) is 1.83. The molecule has 0 radical (unpaired) electrons. The summed E-state index contributed by atoms with van der Waals surface area (Å²) in [7, 11) is -2.13. The van der Waals surface area contributed by atoms with Crippen LogP contribution in [0.4, 0.5) is 0 Å². The van der Waals surface area contributed by atoms with E-state index in [1.807, 2.05) is 24.4 Å². The first-order valence-corrected chi connectivity index (χ1v) is 10.8. The summed E-state index contributed by atoms with van der Waals surface area (Å²) in [5.74, 6) is 0. The number of hydrogen-bond donors (Lipinski definition) is 0. The molecule has 0 N–H and O–H groups in total. The van der Waals surface area contributed by atoms with Gasteiger partial charge in [0.1, 0.15) is 0 Å². The van der Waals surface area contributed by atoms with E-state index in [2.05, 4.69) is 96.0 Å². The molecule has 4 rings (SSSR count). The van der Waals surface area contributed by atoms with Gasteiger partial charge in [-0.2, -0.15) is 0 Å². The molecular weight excluding hydrogens is 347 g/mol. The highest BCUT2D eigenvalue weighted by atomic mass is 31.2. The van der Waals surface area contributed by atoms with Crippen LogP contribution >= 0.6 is 7.05 Å². The maximum atomic E-state index is 5.38. The third kappa shape index (κ3) is 3.63. The van der Waals surface area contributed by atoms with Crippen molar-refractivity contribution in [3.8, 4) is 0 Å². The first-order chi connectivity index (χ1) is 13.4. The largest absolute Gasteiger partial charge is 0.283 e. The summed E-state index contributed by atoms with van der Waals surface area (Å²) in [6.45, 7) is 0.591. The van der Waals surface area contributed by atoms with E-state index in [9.17, 15) is 0 Å². The van der Waals surface area contributed by atoms with E-state index < -0.39 is 7.05 Å². The van der Waals surface area contributed by atoms with Crippen LogP contribution in [0.3, 0.4) is 0 Å². The fraction of sp³-hybridized carbons (Fsp3) is 0.0417. The molecule has 4 aromatic rings. The molecule has 0 saturated heterocycles. The van der Waals surface area contributed by atoms with Crippen molar-refractivity contribution in [3.63, 3.8) is 0 Å². The van der Waals surface area contributed by atoms with E-state index in [1.165, 1.54) is 15.9 Å². The molecule has 132 valence electrons. The number of pyridine rings is 1. The number of nitrogens with zero attached hydrogens (tertiary/aromatic N) is 2. The molecule has 0 aliphatic rings. The molecule has 2 nitrogen and oxygen atoms in total. The fourth-order valence-electron chi connectivity index (χ4n) is 3.29. The van der Waals surface area contributed by atoms with Gasteiger partial charge in [0.15, 0.2) is 0 Å². The summed E-state index contributed by atoms with van der Waals surface area (Å²) in [6, 6.07) is 38.0. The van der Waals surface area contributed by atoms with Crippen molar-refractivity contribution in [2.24, 2.45) is 4.74 Å². The van der Waals surface area contributed by atoms with E-state index in [-0.39, 0.29) is 0 Å². The van der Waals surface area contributed by atoms with Crippen LogP contribution in [-0.4, -0.2) is 4.98 Å². The van der Waals surface area contributed by atoms with Gasteiger partial charge in [0.05, 0.1) is 19.3 Å². The first kappa shape index (κ1) is 17.5. The maximum absolute atomic E-state index is 5.38. The monoisotopic (exact) mass is 368 g/mol. The van der Waals surface area contributed by atoms with Crippen molar-refractivity contribution < 1.29 is 0 Å². The molecule has 1 aromatic heterocycles. The van der Waals surface area contributed by atoms with Gasteiger partial charge in [-0.25, -0.2) is 0 Å². The lowest BCUT2D eigenvalue weighted by molar-refractivity contribution is 1.00. The lowest BCUT2D eigenvalue weighted by atomic mass is 10.4.